The van der Waals surface area contributed by atoms with Crippen molar-refractivity contribution in [3.63, 3.8) is 0 Å². The Kier molecular flexibility index (Phi) is 1.72. The molecule has 3 rings (SSSR count). The van der Waals surface area contributed by atoms with Crippen molar-refractivity contribution < 1.29 is 9.84 Å². The van der Waals surface area contributed by atoms with Crippen LogP contribution in [-0.4, -0.2) is 23.9 Å². The standard InChI is InChI=1S/C11H18O2/c12-11(8-4-6-13-7-5-8)9-2-1-3-10(9)11/h8-10,12H,1-7H2. The van der Waals surface area contributed by atoms with Crippen molar-refractivity contribution in [2.45, 2.75) is 37.7 Å². The van der Waals surface area contributed by atoms with Gasteiger partial charge in [0.15, 0.2) is 0 Å². The molecule has 0 bridgehead atoms. The summed E-state index contributed by atoms with van der Waals surface area (Å²) in [6.07, 6.45) is 6.07. The smallest absolute Gasteiger partial charge is 0.0740 e. The van der Waals surface area contributed by atoms with Crippen LogP contribution in [0.15, 0.2) is 0 Å². The van der Waals surface area contributed by atoms with E-state index < -0.39 is 0 Å². The lowest BCUT2D eigenvalue weighted by Crippen LogP contribution is -2.32. The summed E-state index contributed by atoms with van der Waals surface area (Å²) in [4.78, 5) is 0. The molecule has 1 aliphatic heterocycles. The summed E-state index contributed by atoms with van der Waals surface area (Å²) in [6, 6.07) is 0. The van der Waals surface area contributed by atoms with Crippen LogP contribution >= 0.6 is 0 Å². The van der Waals surface area contributed by atoms with Crippen molar-refractivity contribution in [1.82, 2.24) is 0 Å². The van der Waals surface area contributed by atoms with Gasteiger partial charge in [-0.15, -0.1) is 0 Å². The largest absolute Gasteiger partial charge is 0.389 e. The molecule has 0 amide bonds. The monoisotopic (exact) mass is 182 g/mol. The van der Waals surface area contributed by atoms with Crippen LogP contribution in [0.25, 0.3) is 0 Å². The van der Waals surface area contributed by atoms with Gasteiger partial charge >= 0.3 is 0 Å². The minimum atomic E-state index is -0.248. The summed E-state index contributed by atoms with van der Waals surface area (Å²) in [5.41, 5.74) is -0.248. The summed E-state index contributed by atoms with van der Waals surface area (Å²) in [5.74, 6) is 1.88. The Morgan fingerprint density at radius 2 is 1.62 bits per heavy atom. The number of aliphatic hydroxyl groups is 1. The van der Waals surface area contributed by atoms with Crippen LogP contribution in [0.4, 0.5) is 0 Å². The minimum Gasteiger partial charge on any atom is -0.389 e. The molecule has 2 saturated carbocycles. The van der Waals surface area contributed by atoms with Crippen LogP contribution < -0.4 is 0 Å². The molecule has 2 atom stereocenters. The number of rotatable bonds is 1. The average molecular weight is 182 g/mol. The lowest BCUT2D eigenvalue weighted by Gasteiger charge is -2.29. The normalized spacial score (nSPS) is 50.5. The second-order valence-corrected chi connectivity index (χ2v) is 4.92. The molecule has 0 aromatic carbocycles. The van der Waals surface area contributed by atoms with Crippen LogP contribution in [-0.2, 0) is 4.74 Å². The fourth-order valence-electron chi connectivity index (χ4n) is 3.73. The van der Waals surface area contributed by atoms with Crippen molar-refractivity contribution >= 4 is 0 Å². The van der Waals surface area contributed by atoms with E-state index in [-0.39, 0.29) is 5.60 Å². The second-order valence-electron chi connectivity index (χ2n) is 4.92. The van der Waals surface area contributed by atoms with Gasteiger partial charge < -0.3 is 9.84 Å². The van der Waals surface area contributed by atoms with Crippen LogP contribution in [0.2, 0.25) is 0 Å². The zero-order chi connectivity index (χ0) is 8.89. The topological polar surface area (TPSA) is 29.5 Å². The van der Waals surface area contributed by atoms with E-state index in [9.17, 15) is 5.11 Å². The Morgan fingerprint density at radius 1 is 1.00 bits per heavy atom. The van der Waals surface area contributed by atoms with Gasteiger partial charge in [0.2, 0.25) is 0 Å². The van der Waals surface area contributed by atoms with E-state index >= 15 is 0 Å². The SMILES string of the molecule is OC1(C2CCOCC2)C2CCCC21. The van der Waals surface area contributed by atoms with E-state index in [0.717, 1.165) is 26.1 Å². The number of hydrogen-bond donors (Lipinski definition) is 1. The molecule has 0 aromatic rings. The molecule has 0 aromatic heterocycles. The molecule has 0 spiro atoms. The maximum atomic E-state index is 10.5. The lowest BCUT2D eigenvalue weighted by atomic mass is 9.87. The molecule has 3 aliphatic rings. The Balaban J connectivity index is 1.71. The molecule has 3 fully saturated rings. The van der Waals surface area contributed by atoms with Crippen molar-refractivity contribution in [3.05, 3.63) is 0 Å². The molecule has 0 radical (unpaired) electrons. The van der Waals surface area contributed by atoms with Gasteiger partial charge in [0.25, 0.3) is 0 Å². The minimum absolute atomic E-state index is 0.248. The summed E-state index contributed by atoms with van der Waals surface area (Å²) in [6.45, 7) is 1.73. The third kappa shape index (κ3) is 1.02. The Morgan fingerprint density at radius 3 is 2.23 bits per heavy atom. The number of fused-ring (bicyclic) bond motifs is 1. The van der Waals surface area contributed by atoms with Crippen LogP contribution in [0.3, 0.4) is 0 Å². The quantitative estimate of drug-likeness (QED) is 0.667. The Bertz CT molecular complexity index is 198. The average Bonchev–Trinajstić information content (AvgIpc) is 2.62. The molecule has 1 saturated heterocycles. The zero-order valence-corrected chi connectivity index (χ0v) is 8.04. The molecule has 1 heterocycles. The summed E-state index contributed by atoms with van der Waals surface area (Å²) < 4.78 is 5.33. The Labute approximate surface area is 79.3 Å². The van der Waals surface area contributed by atoms with Crippen molar-refractivity contribution in [2.24, 2.45) is 17.8 Å². The Hall–Kier alpha value is -0.0800. The predicted molar refractivity (Wildman–Crippen MR) is 49.3 cm³/mol. The van der Waals surface area contributed by atoms with Crippen LogP contribution in [0, 0.1) is 17.8 Å². The van der Waals surface area contributed by atoms with Crippen molar-refractivity contribution in [2.75, 3.05) is 13.2 Å². The fraction of sp³-hybridized carbons (Fsp3) is 1.00. The summed E-state index contributed by atoms with van der Waals surface area (Å²) in [5, 5.41) is 10.5. The molecule has 2 unspecified atom stereocenters. The first-order valence-corrected chi connectivity index (χ1v) is 5.63. The first-order valence-electron chi connectivity index (χ1n) is 5.63. The van der Waals surface area contributed by atoms with Gasteiger partial charge in [-0.25, -0.2) is 0 Å². The first-order chi connectivity index (χ1) is 6.33. The molecular formula is C11H18O2. The first kappa shape index (κ1) is 8.25. The van der Waals surface area contributed by atoms with E-state index in [0.29, 0.717) is 17.8 Å². The molecule has 1 N–H and O–H groups in total. The maximum absolute atomic E-state index is 10.5. The second kappa shape index (κ2) is 2.71. The zero-order valence-electron chi connectivity index (χ0n) is 8.04. The highest BCUT2D eigenvalue weighted by Crippen LogP contribution is 2.65. The molecule has 74 valence electrons. The van der Waals surface area contributed by atoms with E-state index in [1.54, 1.807) is 0 Å². The molecule has 2 heteroatoms. The highest BCUT2D eigenvalue weighted by molar-refractivity contribution is 5.17. The van der Waals surface area contributed by atoms with Gasteiger partial charge in [0.1, 0.15) is 0 Å². The van der Waals surface area contributed by atoms with Crippen molar-refractivity contribution in [3.8, 4) is 0 Å². The number of hydrogen-bond acceptors (Lipinski definition) is 2. The fourth-order valence-corrected chi connectivity index (χ4v) is 3.73. The predicted octanol–water partition coefficient (Wildman–Crippen LogP) is 1.57. The van der Waals surface area contributed by atoms with E-state index in [2.05, 4.69) is 0 Å². The van der Waals surface area contributed by atoms with Crippen molar-refractivity contribution in [1.29, 1.82) is 0 Å². The van der Waals surface area contributed by atoms with Gasteiger partial charge in [-0.1, -0.05) is 6.42 Å². The van der Waals surface area contributed by atoms with Gasteiger partial charge in [0, 0.05) is 13.2 Å². The highest BCUT2D eigenvalue weighted by atomic mass is 16.5. The van der Waals surface area contributed by atoms with E-state index in [1.165, 1.54) is 19.3 Å². The summed E-state index contributed by atoms with van der Waals surface area (Å²) in [7, 11) is 0. The van der Waals surface area contributed by atoms with Crippen LogP contribution in [0.5, 0.6) is 0 Å². The highest BCUT2D eigenvalue weighted by Gasteiger charge is 2.68. The third-order valence-corrected chi connectivity index (χ3v) is 4.47. The van der Waals surface area contributed by atoms with Gasteiger partial charge in [0.05, 0.1) is 5.60 Å². The third-order valence-electron chi connectivity index (χ3n) is 4.47. The molecular weight excluding hydrogens is 164 g/mol. The number of ether oxygens (including phenoxy) is 1. The molecule has 2 aliphatic carbocycles. The van der Waals surface area contributed by atoms with E-state index in [1.807, 2.05) is 0 Å². The van der Waals surface area contributed by atoms with Gasteiger partial charge in [-0.2, -0.15) is 0 Å². The molecule has 2 nitrogen and oxygen atoms in total. The van der Waals surface area contributed by atoms with Gasteiger partial charge in [-0.3, -0.25) is 0 Å². The van der Waals surface area contributed by atoms with Gasteiger partial charge in [-0.05, 0) is 43.4 Å². The lowest BCUT2D eigenvalue weighted by molar-refractivity contribution is -0.0245. The summed E-state index contributed by atoms with van der Waals surface area (Å²) >= 11 is 0. The maximum Gasteiger partial charge on any atom is 0.0740 e. The molecule has 13 heavy (non-hydrogen) atoms. The van der Waals surface area contributed by atoms with E-state index in [4.69, 9.17) is 4.74 Å². The van der Waals surface area contributed by atoms with Crippen LogP contribution in [0.1, 0.15) is 32.1 Å².